The fraction of sp³-hybridized carbons (Fsp3) is 0.143. The monoisotopic (exact) mass is 276 g/mol. The molecule has 19 heavy (non-hydrogen) atoms. The van der Waals surface area contributed by atoms with E-state index in [-0.39, 0.29) is 0 Å². The Morgan fingerprint density at radius 3 is 2.26 bits per heavy atom. The van der Waals surface area contributed by atoms with E-state index in [9.17, 15) is 4.57 Å². The van der Waals surface area contributed by atoms with Gasteiger partial charge in [-0.15, -0.1) is 4.52 Å². The molecule has 5 heteroatoms. The molecule has 1 atom stereocenters. The largest absolute Gasteiger partial charge is 0.750 e. The van der Waals surface area contributed by atoms with Gasteiger partial charge in [0.15, 0.2) is 5.75 Å². The standard InChI is InChI=1S/C14H15NO3P/c16-19(18-14-9-5-2-6-10-14)17-12-11-15-13-7-3-1-4-8-13/h1-10,15H,11-12H2/q+1. The van der Waals surface area contributed by atoms with Crippen LogP contribution >= 0.6 is 8.25 Å². The molecule has 0 aliphatic carbocycles. The number of benzene rings is 2. The van der Waals surface area contributed by atoms with Crippen molar-refractivity contribution in [3.63, 3.8) is 0 Å². The summed E-state index contributed by atoms with van der Waals surface area (Å²) in [6.45, 7) is 0.889. The Morgan fingerprint density at radius 2 is 1.58 bits per heavy atom. The maximum Gasteiger partial charge on any atom is 0.750 e. The van der Waals surface area contributed by atoms with E-state index >= 15 is 0 Å². The van der Waals surface area contributed by atoms with Crippen LogP contribution in [0.25, 0.3) is 0 Å². The molecule has 0 aromatic heterocycles. The molecule has 0 spiro atoms. The molecular weight excluding hydrogens is 261 g/mol. The average Bonchev–Trinajstić information content (AvgIpc) is 2.46. The molecule has 0 heterocycles. The molecule has 2 aromatic rings. The lowest BCUT2D eigenvalue weighted by atomic mass is 10.3. The fourth-order valence-electron chi connectivity index (χ4n) is 1.47. The van der Waals surface area contributed by atoms with Crippen molar-refractivity contribution in [3.05, 3.63) is 60.7 Å². The second-order valence-electron chi connectivity index (χ2n) is 3.75. The van der Waals surface area contributed by atoms with Crippen LogP contribution in [0.15, 0.2) is 60.7 Å². The molecule has 98 valence electrons. The molecule has 1 N–H and O–H groups in total. The summed E-state index contributed by atoms with van der Waals surface area (Å²) >= 11 is 0. The van der Waals surface area contributed by atoms with Gasteiger partial charge < -0.3 is 5.32 Å². The Bertz CT molecular complexity index is 505. The van der Waals surface area contributed by atoms with Gasteiger partial charge in [-0.1, -0.05) is 36.4 Å². The zero-order valence-electron chi connectivity index (χ0n) is 10.4. The first-order chi connectivity index (χ1) is 9.34. The minimum Gasteiger partial charge on any atom is -0.383 e. The second kappa shape index (κ2) is 7.52. The van der Waals surface area contributed by atoms with E-state index in [1.807, 2.05) is 48.5 Å². The molecule has 2 aromatic carbocycles. The maximum atomic E-state index is 11.5. The number of nitrogens with one attached hydrogen (secondary N) is 1. The summed E-state index contributed by atoms with van der Waals surface area (Å²) in [4.78, 5) is 0. The van der Waals surface area contributed by atoms with Gasteiger partial charge in [0.25, 0.3) is 0 Å². The Balaban J connectivity index is 1.65. The van der Waals surface area contributed by atoms with E-state index in [0.29, 0.717) is 18.9 Å². The molecule has 0 amide bonds. The van der Waals surface area contributed by atoms with Crippen LogP contribution < -0.4 is 9.84 Å². The van der Waals surface area contributed by atoms with E-state index in [1.165, 1.54) is 0 Å². The van der Waals surface area contributed by atoms with Gasteiger partial charge in [-0.3, -0.25) is 0 Å². The molecule has 0 bridgehead atoms. The summed E-state index contributed by atoms with van der Waals surface area (Å²) in [5, 5.41) is 3.15. The van der Waals surface area contributed by atoms with Gasteiger partial charge in [0.1, 0.15) is 6.61 Å². The summed E-state index contributed by atoms with van der Waals surface area (Å²) in [7, 11) is -2.13. The van der Waals surface area contributed by atoms with Crippen LogP contribution in [0.2, 0.25) is 0 Å². The van der Waals surface area contributed by atoms with Crippen molar-refractivity contribution in [1.29, 1.82) is 0 Å². The molecule has 1 unspecified atom stereocenters. The fourth-order valence-corrected chi connectivity index (χ4v) is 2.05. The topological polar surface area (TPSA) is 47.6 Å². The summed E-state index contributed by atoms with van der Waals surface area (Å²) in [5.74, 6) is 0.541. The Labute approximate surface area is 113 Å². The lowest BCUT2D eigenvalue weighted by Crippen LogP contribution is -2.07. The van der Waals surface area contributed by atoms with Gasteiger partial charge >= 0.3 is 8.25 Å². The minimum atomic E-state index is -2.13. The highest BCUT2D eigenvalue weighted by Crippen LogP contribution is 2.27. The minimum absolute atomic E-state index is 0.316. The van der Waals surface area contributed by atoms with Gasteiger partial charge in [-0.2, -0.15) is 0 Å². The lowest BCUT2D eigenvalue weighted by Gasteiger charge is -2.02. The highest BCUT2D eigenvalue weighted by atomic mass is 31.1. The van der Waals surface area contributed by atoms with Crippen molar-refractivity contribution in [2.75, 3.05) is 18.5 Å². The van der Waals surface area contributed by atoms with Gasteiger partial charge in [-0.25, -0.2) is 4.52 Å². The summed E-state index contributed by atoms with van der Waals surface area (Å²) in [6.07, 6.45) is 0. The zero-order valence-corrected chi connectivity index (χ0v) is 11.3. The van der Waals surface area contributed by atoms with Crippen LogP contribution in [-0.2, 0) is 9.09 Å². The Kier molecular flexibility index (Phi) is 5.35. The number of anilines is 1. The van der Waals surface area contributed by atoms with Crippen molar-refractivity contribution in [1.82, 2.24) is 0 Å². The number of hydrogen-bond donors (Lipinski definition) is 1. The normalized spacial score (nSPS) is 10.8. The third-order valence-electron chi connectivity index (χ3n) is 2.32. The molecule has 0 saturated carbocycles. The highest BCUT2D eigenvalue weighted by Gasteiger charge is 2.21. The van der Waals surface area contributed by atoms with Crippen LogP contribution in [0, 0.1) is 0 Å². The number of hydrogen-bond acceptors (Lipinski definition) is 4. The van der Waals surface area contributed by atoms with Gasteiger partial charge in [0.05, 0.1) is 0 Å². The van der Waals surface area contributed by atoms with Crippen molar-refractivity contribution in [3.8, 4) is 5.75 Å². The zero-order chi connectivity index (χ0) is 13.3. The second-order valence-corrected chi connectivity index (χ2v) is 4.64. The smallest absolute Gasteiger partial charge is 0.383 e. The Hall–Kier alpha value is -1.90. The summed E-state index contributed by atoms with van der Waals surface area (Å²) in [5.41, 5.74) is 1.00. The van der Waals surface area contributed by atoms with Crippen LogP contribution in [0.4, 0.5) is 5.69 Å². The quantitative estimate of drug-likeness (QED) is 0.616. The molecule has 0 fully saturated rings. The van der Waals surface area contributed by atoms with Crippen molar-refractivity contribution >= 4 is 13.9 Å². The van der Waals surface area contributed by atoms with Gasteiger partial charge in [-0.05, 0) is 24.3 Å². The van der Waals surface area contributed by atoms with Crippen molar-refractivity contribution in [2.45, 2.75) is 0 Å². The first-order valence-electron chi connectivity index (χ1n) is 5.97. The molecule has 0 aliphatic rings. The number of rotatable bonds is 7. The summed E-state index contributed by atoms with van der Waals surface area (Å²) < 4.78 is 21.7. The highest BCUT2D eigenvalue weighted by molar-refractivity contribution is 7.33. The Morgan fingerprint density at radius 1 is 0.947 bits per heavy atom. The molecule has 0 aliphatic heterocycles. The van der Waals surface area contributed by atoms with Crippen LogP contribution in [-0.4, -0.2) is 13.2 Å². The van der Waals surface area contributed by atoms with E-state index in [0.717, 1.165) is 5.69 Å². The van der Waals surface area contributed by atoms with E-state index in [2.05, 4.69) is 5.32 Å². The van der Waals surface area contributed by atoms with Crippen molar-refractivity contribution < 1.29 is 13.6 Å². The van der Waals surface area contributed by atoms with Crippen LogP contribution in [0.1, 0.15) is 0 Å². The molecular formula is C14H15NO3P+. The van der Waals surface area contributed by atoms with E-state index in [4.69, 9.17) is 9.05 Å². The lowest BCUT2D eigenvalue weighted by molar-refractivity contribution is 0.297. The van der Waals surface area contributed by atoms with Crippen molar-refractivity contribution in [2.24, 2.45) is 0 Å². The average molecular weight is 276 g/mol. The predicted octanol–water partition coefficient (Wildman–Crippen LogP) is 3.85. The third kappa shape index (κ3) is 5.08. The number of para-hydroxylation sites is 2. The molecule has 0 saturated heterocycles. The van der Waals surface area contributed by atoms with E-state index in [1.54, 1.807) is 12.1 Å². The maximum absolute atomic E-state index is 11.5. The predicted molar refractivity (Wildman–Crippen MR) is 75.6 cm³/mol. The molecule has 0 radical (unpaired) electrons. The first kappa shape index (κ1) is 13.5. The van der Waals surface area contributed by atoms with Crippen LogP contribution in [0.5, 0.6) is 5.75 Å². The van der Waals surface area contributed by atoms with Gasteiger partial charge in [0.2, 0.25) is 0 Å². The molecule has 4 nitrogen and oxygen atoms in total. The van der Waals surface area contributed by atoms with E-state index < -0.39 is 8.25 Å². The molecule has 2 rings (SSSR count). The summed E-state index contributed by atoms with van der Waals surface area (Å²) in [6, 6.07) is 18.7. The first-order valence-corrected chi connectivity index (χ1v) is 7.06. The SMILES string of the molecule is O=[P+](OCCNc1ccccc1)Oc1ccccc1. The van der Waals surface area contributed by atoms with Crippen LogP contribution in [0.3, 0.4) is 0 Å². The third-order valence-corrected chi connectivity index (χ3v) is 3.08. The van der Waals surface area contributed by atoms with Gasteiger partial charge in [0, 0.05) is 16.8 Å².